The average molecular weight is 326 g/mol. The number of carbonyl (C=O) groups is 3. The Morgan fingerprint density at radius 2 is 2.09 bits per heavy atom. The van der Waals surface area contributed by atoms with Gasteiger partial charge in [-0.1, -0.05) is 0 Å². The quantitative estimate of drug-likeness (QED) is 0.669. The van der Waals surface area contributed by atoms with Gasteiger partial charge in [-0.2, -0.15) is 11.8 Å². The van der Waals surface area contributed by atoms with Crippen LogP contribution in [0.3, 0.4) is 0 Å². The number of aliphatic carboxylic acids is 1. The highest BCUT2D eigenvalue weighted by Gasteiger charge is 2.20. The van der Waals surface area contributed by atoms with E-state index < -0.39 is 23.5 Å². The fourth-order valence-corrected chi connectivity index (χ4v) is 2.29. The number of nitrogens with zero attached hydrogens (tertiary/aromatic N) is 1. The van der Waals surface area contributed by atoms with Crippen LogP contribution in [0, 0.1) is 0 Å². The van der Waals surface area contributed by atoms with E-state index in [1.165, 1.54) is 37.0 Å². The second-order valence-electron chi connectivity index (χ2n) is 4.65. The number of ketones is 1. The third kappa shape index (κ3) is 5.03. The highest BCUT2D eigenvalue weighted by molar-refractivity contribution is 7.98. The maximum Gasteiger partial charge on any atom is 0.326 e. The first-order chi connectivity index (χ1) is 10.4. The Balaban J connectivity index is 2.80. The van der Waals surface area contributed by atoms with Crippen molar-refractivity contribution in [2.45, 2.75) is 25.9 Å². The molecule has 1 heterocycles. The van der Waals surface area contributed by atoms with E-state index in [0.29, 0.717) is 12.2 Å². The highest BCUT2D eigenvalue weighted by Crippen LogP contribution is 2.01. The fraction of sp³-hybridized carbons (Fsp3) is 0.429. The van der Waals surface area contributed by atoms with Gasteiger partial charge in [-0.3, -0.25) is 14.4 Å². The minimum atomic E-state index is -1.12. The molecule has 1 amide bonds. The van der Waals surface area contributed by atoms with Crippen molar-refractivity contribution < 1.29 is 19.5 Å². The van der Waals surface area contributed by atoms with Crippen molar-refractivity contribution in [1.29, 1.82) is 0 Å². The van der Waals surface area contributed by atoms with E-state index in [-0.39, 0.29) is 17.9 Å². The average Bonchev–Trinajstić information content (AvgIpc) is 2.45. The van der Waals surface area contributed by atoms with Crippen molar-refractivity contribution in [2.75, 3.05) is 12.0 Å². The predicted molar refractivity (Wildman–Crippen MR) is 83.3 cm³/mol. The summed E-state index contributed by atoms with van der Waals surface area (Å²) < 4.78 is 1.08. The van der Waals surface area contributed by atoms with Gasteiger partial charge in [-0.15, -0.1) is 0 Å². The van der Waals surface area contributed by atoms with Crippen molar-refractivity contribution in [3.63, 3.8) is 0 Å². The molecule has 120 valence electrons. The minimum absolute atomic E-state index is 0.00697. The molecule has 7 nitrogen and oxygen atoms in total. The number of aromatic nitrogens is 1. The van der Waals surface area contributed by atoms with E-state index >= 15 is 0 Å². The molecule has 1 atom stereocenters. The van der Waals surface area contributed by atoms with Crippen molar-refractivity contribution in [3.8, 4) is 0 Å². The molecule has 0 aromatic carbocycles. The lowest BCUT2D eigenvalue weighted by Gasteiger charge is -2.14. The third-order valence-corrected chi connectivity index (χ3v) is 3.60. The monoisotopic (exact) mass is 326 g/mol. The summed E-state index contributed by atoms with van der Waals surface area (Å²) in [7, 11) is 0. The van der Waals surface area contributed by atoms with Crippen LogP contribution >= 0.6 is 11.8 Å². The van der Waals surface area contributed by atoms with Crippen LogP contribution in [0.4, 0.5) is 0 Å². The molecule has 0 unspecified atom stereocenters. The number of thioether (sulfide) groups is 1. The maximum absolute atomic E-state index is 12.0. The van der Waals surface area contributed by atoms with Crippen LogP contribution < -0.4 is 10.9 Å². The molecule has 1 rings (SSSR count). The van der Waals surface area contributed by atoms with Crippen molar-refractivity contribution >= 4 is 29.4 Å². The molecule has 1 aromatic rings. The van der Waals surface area contributed by atoms with Gasteiger partial charge in [-0.05, 0) is 37.5 Å². The van der Waals surface area contributed by atoms with Gasteiger partial charge in [0.15, 0.2) is 5.78 Å². The van der Waals surface area contributed by atoms with Gasteiger partial charge in [0.05, 0.1) is 5.56 Å². The van der Waals surface area contributed by atoms with Crippen LogP contribution in [0.2, 0.25) is 0 Å². The zero-order valence-electron chi connectivity index (χ0n) is 12.4. The molecule has 0 saturated carbocycles. The Morgan fingerprint density at radius 3 is 2.64 bits per heavy atom. The van der Waals surface area contributed by atoms with Crippen molar-refractivity contribution in [3.05, 3.63) is 34.2 Å². The van der Waals surface area contributed by atoms with Gasteiger partial charge in [-0.25, -0.2) is 4.79 Å². The van der Waals surface area contributed by atoms with Gasteiger partial charge < -0.3 is 15.0 Å². The van der Waals surface area contributed by atoms with Gasteiger partial charge in [0, 0.05) is 6.20 Å². The number of carbonyl (C=O) groups excluding carboxylic acids is 2. The van der Waals surface area contributed by atoms with Crippen LogP contribution in [0.15, 0.2) is 23.1 Å². The van der Waals surface area contributed by atoms with E-state index in [1.54, 1.807) is 0 Å². The zero-order valence-corrected chi connectivity index (χ0v) is 13.2. The van der Waals surface area contributed by atoms with Gasteiger partial charge >= 0.3 is 5.97 Å². The van der Waals surface area contributed by atoms with Crippen LogP contribution in [0.5, 0.6) is 0 Å². The maximum atomic E-state index is 12.0. The number of nitrogens with one attached hydrogen (secondary N) is 1. The SMILES string of the molecule is CSCC[C@H](NC(=O)Cn1cccc(C(C)=O)c1=O)C(=O)O. The number of pyridine rings is 1. The summed E-state index contributed by atoms with van der Waals surface area (Å²) in [6, 6.07) is 1.89. The first-order valence-electron chi connectivity index (χ1n) is 6.58. The molecule has 2 N–H and O–H groups in total. The van der Waals surface area contributed by atoms with E-state index in [4.69, 9.17) is 5.11 Å². The number of Topliss-reactive ketones (excluding diaryl/α,β-unsaturated/α-hetero) is 1. The topological polar surface area (TPSA) is 105 Å². The normalized spacial score (nSPS) is 11.7. The second kappa shape index (κ2) is 8.38. The number of carboxylic acids is 1. The second-order valence-corrected chi connectivity index (χ2v) is 5.64. The summed E-state index contributed by atoms with van der Waals surface area (Å²) in [6.45, 7) is 0.938. The number of amides is 1. The number of hydrogen-bond acceptors (Lipinski definition) is 5. The lowest BCUT2D eigenvalue weighted by Crippen LogP contribution is -2.43. The summed E-state index contributed by atoms with van der Waals surface area (Å²) in [4.78, 5) is 46.2. The molecule has 0 spiro atoms. The largest absolute Gasteiger partial charge is 0.480 e. The number of carboxylic acid groups (broad SMARTS) is 1. The van der Waals surface area contributed by atoms with E-state index in [0.717, 1.165) is 4.57 Å². The molecule has 22 heavy (non-hydrogen) atoms. The van der Waals surface area contributed by atoms with Gasteiger partial charge in [0.2, 0.25) is 5.91 Å². The number of rotatable bonds is 8. The lowest BCUT2D eigenvalue weighted by atomic mass is 10.2. The highest BCUT2D eigenvalue weighted by atomic mass is 32.2. The fourth-order valence-electron chi connectivity index (χ4n) is 1.82. The molecule has 0 fully saturated rings. The first-order valence-corrected chi connectivity index (χ1v) is 7.97. The minimum Gasteiger partial charge on any atom is -0.480 e. The molecule has 0 aliphatic carbocycles. The first kappa shape index (κ1) is 18.0. The van der Waals surface area contributed by atoms with Crippen LogP contribution in [-0.2, 0) is 16.1 Å². The Labute approximate surface area is 131 Å². The smallest absolute Gasteiger partial charge is 0.326 e. The Kier molecular flexibility index (Phi) is 6.84. The molecule has 8 heteroatoms. The Hall–Kier alpha value is -2.09. The molecular formula is C14H18N2O5S. The van der Waals surface area contributed by atoms with Crippen LogP contribution in [-0.4, -0.2) is 45.4 Å². The van der Waals surface area contributed by atoms with Gasteiger partial charge in [0.25, 0.3) is 5.56 Å². The molecule has 0 bridgehead atoms. The summed E-state index contributed by atoms with van der Waals surface area (Å²) in [5.74, 6) is -1.50. The molecule has 0 saturated heterocycles. The van der Waals surface area contributed by atoms with Gasteiger partial charge in [0.1, 0.15) is 12.6 Å². The van der Waals surface area contributed by atoms with E-state index in [1.807, 2.05) is 6.26 Å². The predicted octanol–water partition coefficient (Wildman–Crippen LogP) is 0.373. The summed E-state index contributed by atoms with van der Waals surface area (Å²) >= 11 is 1.48. The Morgan fingerprint density at radius 1 is 1.41 bits per heavy atom. The molecule has 0 aliphatic heterocycles. The molecule has 0 radical (unpaired) electrons. The molecule has 0 aliphatic rings. The van der Waals surface area contributed by atoms with Crippen molar-refractivity contribution in [1.82, 2.24) is 9.88 Å². The standard InChI is InChI=1S/C14H18N2O5S/c1-9(17)10-4-3-6-16(13(10)19)8-12(18)15-11(14(20)21)5-7-22-2/h3-4,6,11H,5,7-8H2,1-2H3,(H,15,18)(H,20,21)/t11-/m0/s1. The van der Waals surface area contributed by atoms with Crippen LogP contribution in [0.25, 0.3) is 0 Å². The van der Waals surface area contributed by atoms with Crippen molar-refractivity contribution in [2.24, 2.45) is 0 Å². The van der Waals surface area contributed by atoms with E-state index in [9.17, 15) is 19.2 Å². The van der Waals surface area contributed by atoms with Crippen LogP contribution in [0.1, 0.15) is 23.7 Å². The lowest BCUT2D eigenvalue weighted by molar-refractivity contribution is -0.141. The zero-order chi connectivity index (χ0) is 16.7. The Bertz CT molecular complexity index is 626. The third-order valence-electron chi connectivity index (χ3n) is 2.96. The molecule has 1 aromatic heterocycles. The number of hydrogen-bond donors (Lipinski definition) is 2. The summed E-state index contributed by atoms with van der Waals surface area (Å²) in [6.07, 6.45) is 3.52. The summed E-state index contributed by atoms with van der Waals surface area (Å²) in [5.41, 5.74) is -0.575. The van der Waals surface area contributed by atoms with E-state index in [2.05, 4.69) is 5.32 Å². The summed E-state index contributed by atoms with van der Waals surface area (Å²) in [5, 5.41) is 11.4. The molecular weight excluding hydrogens is 308 g/mol.